The van der Waals surface area contributed by atoms with E-state index in [9.17, 15) is 9.18 Å². The second kappa shape index (κ2) is 4.43. The van der Waals surface area contributed by atoms with Crippen molar-refractivity contribution in [3.63, 3.8) is 0 Å². The van der Waals surface area contributed by atoms with Crippen molar-refractivity contribution in [1.82, 2.24) is 5.32 Å². The summed E-state index contributed by atoms with van der Waals surface area (Å²) in [6, 6.07) is 9.92. The van der Waals surface area contributed by atoms with Gasteiger partial charge in [0.2, 0.25) is 5.91 Å². The highest BCUT2D eigenvalue weighted by Crippen LogP contribution is 2.33. The number of hydrogen-bond acceptors (Lipinski definition) is 1. The number of carbonyl (C=O) groups excluding carboxylic acids is 1. The predicted molar refractivity (Wildman–Crippen MR) is 56.2 cm³/mol. The van der Waals surface area contributed by atoms with E-state index < -0.39 is 6.17 Å². The SMILES string of the molecule is O=C(NCCc1ccccc1)C1CC1F. The molecular formula is C12H14FNO. The predicted octanol–water partition coefficient (Wildman–Crippen LogP) is 1.70. The van der Waals surface area contributed by atoms with Crippen molar-refractivity contribution in [2.75, 3.05) is 6.54 Å². The molecule has 1 saturated carbocycles. The Labute approximate surface area is 88.5 Å². The highest BCUT2D eigenvalue weighted by Gasteiger charge is 2.43. The zero-order valence-corrected chi connectivity index (χ0v) is 8.45. The molecule has 3 heteroatoms. The van der Waals surface area contributed by atoms with Gasteiger partial charge in [0.25, 0.3) is 0 Å². The zero-order valence-electron chi connectivity index (χ0n) is 8.45. The number of hydrogen-bond donors (Lipinski definition) is 1. The number of benzene rings is 1. The molecule has 1 aromatic carbocycles. The van der Waals surface area contributed by atoms with Gasteiger partial charge in [0, 0.05) is 6.54 Å². The molecule has 0 aliphatic heterocycles. The average molecular weight is 207 g/mol. The topological polar surface area (TPSA) is 29.1 Å². The molecule has 0 heterocycles. The van der Waals surface area contributed by atoms with Gasteiger partial charge in [-0.25, -0.2) is 4.39 Å². The number of alkyl halides is 1. The van der Waals surface area contributed by atoms with Gasteiger partial charge in [0.15, 0.2) is 0 Å². The van der Waals surface area contributed by atoms with Gasteiger partial charge in [-0.15, -0.1) is 0 Å². The lowest BCUT2D eigenvalue weighted by atomic mass is 10.1. The first-order valence-electron chi connectivity index (χ1n) is 5.23. The first-order valence-corrected chi connectivity index (χ1v) is 5.23. The quantitative estimate of drug-likeness (QED) is 0.800. The van der Waals surface area contributed by atoms with Crippen molar-refractivity contribution < 1.29 is 9.18 Å². The van der Waals surface area contributed by atoms with E-state index in [2.05, 4.69) is 5.32 Å². The third kappa shape index (κ3) is 2.78. The highest BCUT2D eigenvalue weighted by molar-refractivity contribution is 5.81. The number of rotatable bonds is 4. The molecule has 1 aromatic rings. The van der Waals surface area contributed by atoms with Crippen LogP contribution in [0.3, 0.4) is 0 Å². The van der Waals surface area contributed by atoms with Crippen LogP contribution in [0.1, 0.15) is 12.0 Å². The van der Waals surface area contributed by atoms with E-state index in [1.807, 2.05) is 30.3 Å². The molecule has 1 aliphatic carbocycles. The standard InChI is InChI=1S/C12H14FNO/c13-11-8-10(11)12(15)14-7-6-9-4-2-1-3-5-9/h1-5,10-11H,6-8H2,(H,14,15). The summed E-state index contributed by atoms with van der Waals surface area (Å²) in [4.78, 5) is 11.3. The zero-order chi connectivity index (χ0) is 10.7. The number of carbonyl (C=O) groups is 1. The van der Waals surface area contributed by atoms with Crippen molar-refractivity contribution in [3.05, 3.63) is 35.9 Å². The molecule has 0 aromatic heterocycles. The summed E-state index contributed by atoms with van der Waals surface area (Å²) >= 11 is 0. The first-order chi connectivity index (χ1) is 7.27. The Morgan fingerprint density at radius 3 is 2.67 bits per heavy atom. The summed E-state index contributed by atoms with van der Waals surface area (Å²) in [7, 11) is 0. The van der Waals surface area contributed by atoms with Gasteiger partial charge in [0.1, 0.15) is 6.17 Å². The molecule has 2 rings (SSSR count). The fourth-order valence-corrected chi connectivity index (χ4v) is 1.54. The maximum atomic E-state index is 12.5. The Bertz CT molecular complexity index is 339. The maximum Gasteiger partial charge on any atom is 0.226 e. The van der Waals surface area contributed by atoms with E-state index in [0.717, 1.165) is 6.42 Å². The molecule has 1 amide bonds. The summed E-state index contributed by atoms with van der Waals surface area (Å²) in [5.74, 6) is -0.515. The molecule has 0 bridgehead atoms. The van der Waals surface area contributed by atoms with Crippen LogP contribution in [0.2, 0.25) is 0 Å². The van der Waals surface area contributed by atoms with E-state index in [0.29, 0.717) is 13.0 Å². The molecule has 0 saturated heterocycles. The van der Waals surface area contributed by atoms with E-state index in [1.54, 1.807) is 0 Å². The third-order valence-corrected chi connectivity index (χ3v) is 2.61. The van der Waals surface area contributed by atoms with E-state index in [-0.39, 0.29) is 11.8 Å². The Morgan fingerprint density at radius 1 is 1.40 bits per heavy atom. The molecule has 0 spiro atoms. The Morgan fingerprint density at radius 2 is 2.07 bits per heavy atom. The van der Waals surface area contributed by atoms with Crippen LogP contribution in [0.25, 0.3) is 0 Å². The molecule has 80 valence electrons. The summed E-state index contributed by atoms with van der Waals surface area (Å²) in [5, 5.41) is 2.74. The molecule has 1 N–H and O–H groups in total. The summed E-state index contributed by atoms with van der Waals surface area (Å²) in [5.41, 5.74) is 1.19. The number of halogens is 1. The van der Waals surface area contributed by atoms with Gasteiger partial charge >= 0.3 is 0 Å². The minimum Gasteiger partial charge on any atom is -0.355 e. The Hall–Kier alpha value is -1.38. The van der Waals surface area contributed by atoms with Crippen LogP contribution in [0.4, 0.5) is 4.39 Å². The third-order valence-electron chi connectivity index (χ3n) is 2.61. The second-order valence-electron chi connectivity index (χ2n) is 3.88. The molecule has 0 radical (unpaired) electrons. The van der Waals surface area contributed by atoms with E-state index in [1.165, 1.54) is 5.56 Å². The van der Waals surface area contributed by atoms with Crippen molar-refractivity contribution >= 4 is 5.91 Å². The molecule has 1 aliphatic rings. The van der Waals surface area contributed by atoms with Crippen LogP contribution in [-0.4, -0.2) is 18.6 Å². The number of nitrogens with one attached hydrogen (secondary N) is 1. The molecule has 15 heavy (non-hydrogen) atoms. The second-order valence-corrected chi connectivity index (χ2v) is 3.88. The fraction of sp³-hybridized carbons (Fsp3) is 0.417. The van der Waals surface area contributed by atoms with Crippen molar-refractivity contribution in [2.45, 2.75) is 19.0 Å². The smallest absolute Gasteiger partial charge is 0.226 e. The molecular weight excluding hydrogens is 193 g/mol. The average Bonchev–Trinajstić information content (AvgIpc) is 2.97. The lowest BCUT2D eigenvalue weighted by Gasteiger charge is -2.03. The van der Waals surface area contributed by atoms with Crippen LogP contribution >= 0.6 is 0 Å². The van der Waals surface area contributed by atoms with Crippen molar-refractivity contribution in [2.24, 2.45) is 5.92 Å². The normalized spacial score (nSPS) is 23.5. The minimum atomic E-state index is -0.901. The van der Waals surface area contributed by atoms with Crippen LogP contribution in [0.15, 0.2) is 30.3 Å². The van der Waals surface area contributed by atoms with Gasteiger partial charge in [-0.2, -0.15) is 0 Å². The number of amides is 1. The van der Waals surface area contributed by atoms with Gasteiger partial charge in [-0.1, -0.05) is 30.3 Å². The fourth-order valence-electron chi connectivity index (χ4n) is 1.54. The molecule has 1 fully saturated rings. The largest absolute Gasteiger partial charge is 0.355 e. The Balaban J connectivity index is 1.69. The summed E-state index contributed by atoms with van der Waals surface area (Å²) in [6.45, 7) is 0.589. The van der Waals surface area contributed by atoms with Crippen molar-refractivity contribution in [3.8, 4) is 0 Å². The summed E-state index contributed by atoms with van der Waals surface area (Å²) in [6.07, 6.45) is 0.301. The van der Waals surface area contributed by atoms with Crippen LogP contribution in [0.5, 0.6) is 0 Å². The van der Waals surface area contributed by atoms with Crippen LogP contribution < -0.4 is 5.32 Å². The van der Waals surface area contributed by atoms with Crippen molar-refractivity contribution in [1.29, 1.82) is 0 Å². The van der Waals surface area contributed by atoms with Crippen LogP contribution in [-0.2, 0) is 11.2 Å². The lowest BCUT2D eigenvalue weighted by molar-refractivity contribution is -0.122. The van der Waals surface area contributed by atoms with Gasteiger partial charge < -0.3 is 5.32 Å². The maximum absolute atomic E-state index is 12.5. The Kier molecular flexibility index (Phi) is 2.99. The molecule has 2 nitrogen and oxygen atoms in total. The van der Waals surface area contributed by atoms with Gasteiger partial charge in [-0.3, -0.25) is 4.79 Å². The van der Waals surface area contributed by atoms with Gasteiger partial charge in [-0.05, 0) is 18.4 Å². The van der Waals surface area contributed by atoms with E-state index in [4.69, 9.17) is 0 Å². The minimum absolute atomic E-state index is 0.140. The molecule has 2 unspecified atom stereocenters. The van der Waals surface area contributed by atoms with E-state index >= 15 is 0 Å². The first kappa shape index (κ1) is 10.1. The highest BCUT2D eigenvalue weighted by atomic mass is 19.1. The lowest BCUT2D eigenvalue weighted by Crippen LogP contribution is -2.27. The summed E-state index contributed by atoms with van der Waals surface area (Å²) < 4.78 is 12.5. The monoisotopic (exact) mass is 207 g/mol. The van der Waals surface area contributed by atoms with Crippen LogP contribution in [0, 0.1) is 5.92 Å². The van der Waals surface area contributed by atoms with Gasteiger partial charge in [0.05, 0.1) is 5.92 Å². The molecule has 2 atom stereocenters.